The molecular formula is C18H20F3N9. The van der Waals surface area contributed by atoms with Crippen molar-refractivity contribution in [2.75, 3.05) is 54.0 Å². The van der Waals surface area contributed by atoms with Gasteiger partial charge >= 0.3 is 6.18 Å². The highest BCUT2D eigenvalue weighted by Crippen LogP contribution is 2.28. The van der Waals surface area contributed by atoms with E-state index in [0.717, 1.165) is 23.4 Å². The van der Waals surface area contributed by atoms with Crippen molar-refractivity contribution in [2.24, 2.45) is 0 Å². The maximum atomic E-state index is 13.1. The monoisotopic (exact) mass is 419 g/mol. The van der Waals surface area contributed by atoms with Crippen molar-refractivity contribution >= 4 is 23.2 Å². The number of halogens is 3. The standard InChI is InChI=1S/C18H20F3N9/c19-18(20,21)16-25-24-14-3-4-15(26-30(14)16)28-9-11-29(12-10-28)17-22-6-5-13(23-17)27-7-1-2-8-27/h3-6H,1-2,7-12H2. The van der Waals surface area contributed by atoms with Crippen LogP contribution in [-0.2, 0) is 6.18 Å². The van der Waals surface area contributed by atoms with Gasteiger partial charge in [0.15, 0.2) is 5.65 Å². The van der Waals surface area contributed by atoms with Crippen molar-refractivity contribution in [3.8, 4) is 0 Å². The molecule has 0 unspecified atom stereocenters. The molecule has 0 aliphatic carbocycles. The van der Waals surface area contributed by atoms with Crippen LogP contribution in [0.15, 0.2) is 24.4 Å². The van der Waals surface area contributed by atoms with Crippen molar-refractivity contribution < 1.29 is 13.2 Å². The third-order valence-electron chi connectivity index (χ3n) is 5.45. The molecule has 9 nitrogen and oxygen atoms in total. The van der Waals surface area contributed by atoms with Gasteiger partial charge in [-0.05, 0) is 31.0 Å². The Balaban J connectivity index is 1.31. The second-order valence-electron chi connectivity index (χ2n) is 7.37. The van der Waals surface area contributed by atoms with E-state index in [1.165, 1.54) is 18.9 Å². The lowest BCUT2D eigenvalue weighted by Crippen LogP contribution is -2.47. The molecule has 3 aromatic heterocycles. The summed E-state index contributed by atoms with van der Waals surface area (Å²) in [5, 5.41) is 10.9. The van der Waals surface area contributed by atoms with Gasteiger partial charge < -0.3 is 14.7 Å². The Kier molecular flexibility index (Phi) is 4.55. The van der Waals surface area contributed by atoms with Crippen LogP contribution in [0.5, 0.6) is 0 Å². The quantitative estimate of drug-likeness (QED) is 0.637. The summed E-state index contributed by atoms with van der Waals surface area (Å²) in [5.41, 5.74) is 0.0665. The maximum absolute atomic E-state index is 13.1. The van der Waals surface area contributed by atoms with Crippen LogP contribution in [0.4, 0.5) is 30.8 Å². The first-order chi connectivity index (χ1) is 14.5. The van der Waals surface area contributed by atoms with Gasteiger partial charge in [-0.15, -0.1) is 15.3 Å². The average molecular weight is 419 g/mol. The van der Waals surface area contributed by atoms with Gasteiger partial charge in [-0.2, -0.15) is 22.7 Å². The molecule has 0 N–H and O–H groups in total. The van der Waals surface area contributed by atoms with E-state index in [0.29, 0.717) is 37.9 Å². The molecule has 2 aliphatic heterocycles. The number of fused-ring (bicyclic) bond motifs is 1. The maximum Gasteiger partial charge on any atom is 0.453 e. The lowest BCUT2D eigenvalue weighted by atomic mass is 10.3. The molecule has 2 fully saturated rings. The van der Waals surface area contributed by atoms with Gasteiger partial charge in [0.2, 0.25) is 5.95 Å². The predicted molar refractivity (Wildman–Crippen MR) is 104 cm³/mol. The number of nitrogens with zero attached hydrogens (tertiary/aromatic N) is 9. The van der Waals surface area contributed by atoms with Gasteiger partial charge in [0, 0.05) is 45.5 Å². The average Bonchev–Trinajstić information content (AvgIpc) is 3.43. The van der Waals surface area contributed by atoms with Crippen molar-refractivity contribution in [2.45, 2.75) is 19.0 Å². The molecule has 0 saturated carbocycles. The van der Waals surface area contributed by atoms with Crippen molar-refractivity contribution in [3.05, 3.63) is 30.2 Å². The van der Waals surface area contributed by atoms with Crippen LogP contribution in [0, 0.1) is 0 Å². The highest BCUT2D eigenvalue weighted by atomic mass is 19.4. The molecule has 2 saturated heterocycles. The van der Waals surface area contributed by atoms with E-state index in [1.54, 1.807) is 12.3 Å². The van der Waals surface area contributed by atoms with E-state index in [9.17, 15) is 13.2 Å². The summed E-state index contributed by atoms with van der Waals surface area (Å²) in [5.74, 6) is 0.962. The van der Waals surface area contributed by atoms with Crippen LogP contribution in [0.25, 0.3) is 5.65 Å². The van der Waals surface area contributed by atoms with Crippen LogP contribution < -0.4 is 14.7 Å². The Morgan fingerprint density at radius 3 is 2.20 bits per heavy atom. The fourth-order valence-corrected chi connectivity index (χ4v) is 3.87. The predicted octanol–water partition coefficient (Wildman–Crippen LogP) is 1.86. The molecule has 12 heteroatoms. The number of hydrogen-bond acceptors (Lipinski definition) is 8. The first-order valence-corrected chi connectivity index (χ1v) is 9.86. The first-order valence-electron chi connectivity index (χ1n) is 9.86. The molecule has 5 heterocycles. The van der Waals surface area contributed by atoms with Gasteiger partial charge in [0.1, 0.15) is 11.6 Å². The number of aromatic nitrogens is 6. The molecule has 0 spiro atoms. The van der Waals surface area contributed by atoms with Crippen LogP contribution in [0.3, 0.4) is 0 Å². The van der Waals surface area contributed by atoms with E-state index in [4.69, 9.17) is 4.98 Å². The third kappa shape index (κ3) is 3.46. The van der Waals surface area contributed by atoms with E-state index in [1.807, 2.05) is 11.0 Å². The van der Waals surface area contributed by atoms with Gasteiger partial charge in [-0.1, -0.05) is 0 Å². The summed E-state index contributed by atoms with van der Waals surface area (Å²) in [4.78, 5) is 15.4. The van der Waals surface area contributed by atoms with Gasteiger partial charge in [-0.3, -0.25) is 0 Å². The highest BCUT2D eigenvalue weighted by Gasteiger charge is 2.38. The summed E-state index contributed by atoms with van der Waals surface area (Å²) >= 11 is 0. The topological polar surface area (TPSA) is 78.6 Å². The number of anilines is 3. The first kappa shape index (κ1) is 18.8. The number of rotatable bonds is 3. The minimum atomic E-state index is -4.61. The molecule has 5 rings (SSSR count). The molecule has 0 atom stereocenters. The van der Waals surface area contributed by atoms with Crippen LogP contribution >= 0.6 is 0 Å². The fourth-order valence-electron chi connectivity index (χ4n) is 3.87. The molecule has 2 aliphatic rings. The lowest BCUT2D eigenvalue weighted by Gasteiger charge is -2.35. The molecular weight excluding hydrogens is 399 g/mol. The summed E-state index contributed by atoms with van der Waals surface area (Å²) in [6, 6.07) is 5.10. The zero-order valence-corrected chi connectivity index (χ0v) is 16.1. The molecule has 0 amide bonds. The Labute approximate surface area is 170 Å². The van der Waals surface area contributed by atoms with Crippen molar-refractivity contribution in [1.29, 1.82) is 0 Å². The van der Waals surface area contributed by atoms with Crippen LogP contribution in [0.2, 0.25) is 0 Å². The van der Waals surface area contributed by atoms with Gasteiger partial charge in [0.05, 0.1) is 0 Å². The second-order valence-corrected chi connectivity index (χ2v) is 7.37. The molecule has 0 bridgehead atoms. The molecule has 158 valence electrons. The summed E-state index contributed by atoms with van der Waals surface area (Å²) in [7, 11) is 0. The van der Waals surface area contributed by atoms with E-state index in [-0.39, 0.29) is 5.65 Å². The molecule has 0 radical (unpaired) electrons. The van der Waals surface area contributed by atoms with Crippen molar-refractivity contribution in [1.82, 2.24) is 29.8 Å². The Morgan fingerprint density at radius 1 is 0.767 bits per heavy atom. The zero-order valence-electron chi connectivity index (χ0n) is 16.1. The summed E-state index contributed by atoms with van der Waals surface area (Å²) in [6.45, 7) is 4.52. The Morgan fingerprint density at radius 2 is 1.47 bits per heavy atom. The molecule has 0 aromatic carbocycles. The zero-order chi connectivity index (χ0) is 20.7. The molecule has 3 aromatic rings. The van der Waals surface area contributed by atoms with Gasteiger partial charge in [0.25, 0.3) is 5.82 Å². The number of alkyl halides is 3. The minimum Gasteiger partial charge on any atom is -0.356 e. The van der Waals surface area contributed by atoms with Gasteiger partial charge in [-0.25, -0.2) is 4.98 Å². The Bertz CT molecular complexity index is 1040. The van der Waals surface area contributed by atoms with Crippen molar-refractivity contribution in [3.63, 3.8) is 0 Å². The molecule has 30 heavy (non-hydrogen) atoms. The van der Waals surface area contributed by atoms with Crippen LogP contribution in [-0.4, -0.2) is 69.0 Å². The largest absolute Gasteiger partial charge is 0.453 e. The highest BCUT2D eigenvalue weighted by molar-refractivity contribution is 5.49. The second kappa shape index (κ2) is 7.26. The number of hydrogen-bond donors (Lipinski definition) is 0. The van der Waals surface area contributed by atoms with E-state index < -0.39 is 12.0 Å². The smallest absolute Gasteiger partial charge is 0.356 e. The summed E-state index contributed by atoms with van der Waals surface area (Å²) in [6.07, 6.45) is -0.473. The fraction of sp³-hybridized carbons (Fsp3) is 0.500. The minimum absolute atomic E-state index is 0.0665. The normalized spacial score (nSPS) is 17.9. The third-order valence-corrected chi connectivity index (χ3v) is 5.45. The summed E-state index contributed by atoms with van der Waals surface area (Å²) < 4.78 is 40.1. The number of piperazine rings is 1. The van der Waals surface area contributed by atoms with E-state index >= 15 is 0 Å². The lowest BCUT2D eigenvalue weighted by molar-refractivity contribution is -0.146. The SMILES string of the molecule is FC(F)(F)c1nnc2ccc(N3CCN(c4nccc(N5CCCC5)n4)CC3)nn12. The Hall–Kier alpha value is -3.18. The van der Waals surface area contributed by atoms with Crippen LogP contribution in [0.1, 0.15) is 18.7 Å². The van der Waals surface area contributed by atoms with E-state index in [2.05, 4.69) is 30.1 Å².